The smallest absolute Gasteiger partial charge is 0.416 e. The SMILES string of the molecule is O=C(COc1ccc(C(F)(F)F)cc1)N1CCN(C(=O)c2cc(Cl)ccc2F)CC1. The summed E-state index contributed by atoms with van der Waals surface area (Å²) < 4.78 is 56.8. The molecule has 1 saturated heterocycles. The zero-order valence-electron chi connectivity index (χ0n) is 15.6. The molecule has 0 spiro atoms. The maximum atomic E-state index is 13.9. The predicted octanol–water partition coefficient (Wildman–Crippen LogP) is 3.86. The average Bonchev–Trinajstić information content (AvgIpc) is 2.73. The molecule has 2 aromatic carbocycles. The highest BCUT2D eigenvalue weighted by Gasteiger charge is 2.30. The number of carbonyl (C=O) groups is 2. The van der Waals surface area contributed by atoms with Gasteiger partial charge in [-0.05, 0) is 42.5 Å². The summed E-state index contributed by atoms with van der Waals surface area (Å²) in [5.74, 6) is -1.41. The first kappa shape index (κ1) is 21.9. The van der Waals surface area contributed by atoms with Crippen LogP contribution in [0.25, 0.3) is 0 Å². The Balaban J connectivity index is 1.50. The second kappa shape index (κ2) is 8.91. The number of ether oxygens (including phenoxy) is 1. The number of amides is 2. The Morgan fingerprint density at radius 1 is 0.967 bits per heavy atom. The zero-order chi connectivity index (χ0) is 21.9. The van der Waals surface area contributed by atoms with Crippen molar-refractivity contribution in [2.24, 2.45) is 0 Å². The van der Waals surface area contributed by atoms with Crippen LogP contribution in [0.3, 0.4) is 0 Å². The number of rotatable bonds is 4. The van der Waals surface area contributed by atoms with Crippen LogP contribution in [-0.2, 0) is 11.0 Å². The molecule has 3 rings (SSSR count). The summed E-state index contributed by atoms with van der Waals surface area (Å²) in [6.07, 6.45) is -4.44. The summed E-state index contributed by atoms with van der Waals surface area (Å²) in [4.78, 5) is 27.7. The molecule has 2 amide bonds. The maximum Gasteiger partial charge on any atom is 0.416 e. The zero-order valence-corrected chi connectivity index (χ0v) is 16.3. The molecule has 2 aromatic rings. The molecule has 0 aromatic heterocycles. The summed E-state index contributed by atoms with van der Waals surface area (Å²) >= 11 is 5.82. The van der Waals surface area contributed by atoms with Crippen LogP contribution in [0.2, 0.25) is 5.02 Å². The monoisotopic (exact) mass is 444 g/mol. The Labute approximate surface area is 174 Å². The van der Waals surface area contributed by atoms with Crippen LogP contribution in [0, 0.1) is 5.82 Å². The van der Waals surface area contributed by atoms with Gasteiger partial charge in [-0.2, -0.15) is 13.2 Å². The fourth-order valence-corrected chi connectivity index (χ4v) is 3.14. The van der Waals surface area contributed by atoms with Crippen molar-refractivity contribution in [3.8, 4) is 5.75 Å². The lowest BCUT2D eigenvalue weighted by molar-refractivity contribution is -0.138. The van der Waals surface area contributed by atoms with Gasteiger partial charge in [-0.25, -0.2) is 4.39 Å². The van der Waals surface area contributed by atoms with Crippen molar-refractivity contribution in [3.63, 3.8) is 0 Å². The van der Waals surface area contributed by atoms with Crippen molar-refractivity contribution in [2.45, 2.75) is 6.18 Å². The normalized spacial score (nSPS) is 14.6. The summed E-state index contributed by atoms with van der Waals surface area (Å²) in [6.45, 7) is 0.516. The summed E-state index contributed by atoms with van der Waals surface area (Å²) in [7, 11) is 0. The molecular weight excluding hydrogens is 428 g/mol. The number of hydrogen-bond donors (Lipinski definition) is 0. The third kappa shape index (κ3) is 5.21. The largest absolute Gasteiger partial charge is 0.484 e. The Hall–Kier alpha value is -2.81. The van der Waals surface area contributed by atoms with Gasteiger partial charge in [0.1, 0.15) is 11.6 Å². The fourth-order valence-electron chi connectivity index (χ4n) is 2.97. The van der Waals surface area contributed by atoms with Gasteiger partial charge in [0, 0.05) is 31.2 Å². The number of halogens is 5. The van der Waals surface area contributed by atoms with E-state index in [1.807, 2.05) is 0 Å². The topological polar surface area (TPSA) is 49.9 Å². The van der Waals surface area contributed by atoms with E-state index in [0.717, 1.165) is 30.3 Å². The minimum absolute atomic E-state index is 0.132. The minimum atomic E-state index is -4.44. The van der Waals surface area contributed by atoms with E-state index < -0.39 is 23.5 Å². The number of hydrogen-bond acceptors (Lipinski definition) is 3. The molecule has 1 aliphatic rings. The van der Waals surface area contributed by atoms with E-state index in [1.165, 1.54) is 21.9 Å². The third-order valence-electron chi connectivity index (χ3n) is 4.62. The van der Waals surface area contributed by atoms with Gasteiger partial charge in [0.2, 0.25) is 0 Å². The first-order valence-electron chi connectivity index (χ1n) is 8.97. The molecule has 1 aliphatic heterocycles. The minimum Gasteiger partial charge on any atom is -0.484 e. The molecule has 0 radical (unpaired) electrons. The van der Waals surface area contributed by atoms with E-state index in [-0.39, 0.29) is 55.0 Å². The lowest BCUT2D eigenvalue weighted by Gasteiger charge is -2.34. The molecule has 0 unspecified atom stereocenters. The maximum absolute atomic E-state index is 13.9. The molecule has 160 valence electrons. The second-order valence-electron chi connectivity index (χ2n) is 6.61. The van der Waals surface area contributed by atoms with E-state index in [9.17, 15) is 27.2 Å². The molecular formula is C20H17ClF4N2O3. The van der Waals surface area contributed by atoms with Gasteiger partial charge in [-0.1, -0.05) is 11.6 Å². The van der Waals surface area contributed by atoms with Gasteiger partial charge in [0.05, 0.1) is 11.1 Å². The molecule has 0 aliphatic carbocycles. The molecule has 0 N–H and O–H groups in total. The fraction of sp³-hybridized carbons (Fsp3) is 0.300. The number of alkyl halides is 3. The van der Waals surface area contributed by atoms with E-state index >= 15 is 0 Å². The van der Waals surface area contributed by atoms with Crippen molar-refractivity contribution in [2.75, 3.05) is 32.8 Å². The van der Waals surface area contributed by atoms with Gasteiger partial charge in [-0.3, -0.25) is 9.59 Å². The Morgan fingerprint density at radius 3 is 2.17 bits per heavy atom. The van der Waals surface area contributed by atoms with Gasteiger partial charge in [0.15, 0.2) is 6.61 Å². The van der Waals surface area contributed by atoms with Crippen LogP contribution in [-0.4, -0.2) is 54.4 Å². The van der Waals surface area contributed by atoms with Gasteiger partial charge >= 0.3 is 6.18 Å². The second-order valence-corrected chi connectivity index (χ2v) is 7.04. The van der Waals surface area contributed by atoms with Crippen LogP contribution in [0.4, 0.5) is 17.6 Å². The molecule has 10 heteroatoms. The number of carbonyl (C=O) groups excluding carboxylic acids is 2. The molecule has 1 fully saturated rings. The molecule has 0 saturated carbocycles. The van der Waals surface area contributed by atoms with Gasteiger partial charge in [0.25, 0.3) is 11.8 Å². The van der Waals surface area contributed by atoms with Crippen LogP contribution in [0.15, 0.2) is 42.5 Å². The van der Waals surface area contributed by atoms with Gasteiger partial charge in [-0.15, -0.1) is 0 Å². The summed E-state index contributed by atoms with van der Waals surface area (Å²) in [5, 5.41) is 0.244. The quantitative estimate of drug-likeness (QED) is 0.673. The van der Waals surface area contributed by atoms with Gasteiger partial charge < -0.3 is 14.5 Å². The Morgan fingerprint density at radius 2 is 1.57 bits per heavy atom. The highest BCUT2D eigenvalue weighted by Crippen LogP contribution is 2.30. The summed E-state index contributed by atoms with van der Waals surface area (Å²) in [6, 6.07) is 7.76. The van der Waals surface area contributed by atoms with Crippen molar-refractivity contribution >= 4 is 23.4 Å². The van der Waals surface area contributed by atoms with E-state index in [4.69, 9.17) is 16.3 Å². The number of benzene rings is 2. The van der Waals surface area contributed by atoms with Crippen molar-refractivity contribution < 1.29 is 31.9 Å². The number of piperazine rings is 1. The first-order chi connectivity index (χ1) is 14.1. The molecule has 0 bridgehead atoms. The highest BCUT2D eigenvalue weighted by molar-refractivity contribution is 6.31. The predicted molar refractivity (Wildman–Crippen MR) is 101 cm³/mol. The van der Waals surface area contributed by atoms with Crippen LogP contribution >= 0.6 is 11.6 Å². The van der Waals surface area contributed by atoms with Crippen LogP contribution in [0.1, 0.15) is 15.9 Å². The molecule has 0 atom stereocenters. The van der Waals surface area contributed by atoms with Crippen molar-refractivity contribution in [3.05, 3.63) is 64.4 Å². The average molecular weight is 445 g/mol. The molecule has 5 nitrogen and oxygen atoms in total. The Bertz CT molecular complexity index is 927. The highest BCUT2D eigenvalue weighted by atomic mass is 35.5. The van der Waals surface area contributed by atoms with Crippen LogP contribution in [0.5, 0.6) is 5.75 Å². The molecule has 1 heterocycles. The lowest BCUT2D eigenvalue weighted by Crippen LogP contribution is -2.51. The van der Waals surface area contributed by atoms with E-state index in [0.29, 0.717) is 0 Å². The Kier molecular flexibility index (Phi) is 6.50. The van der Waals surface area contributed by atoms with E-state index in [2.05, 4.69) is 0 Å². The van der Waals surface area contributed by atoms with Crippen LogP contribution < -0.4 is 4.74 Å². The summed E-state index contributed by atoms with van der Waals surface area (Å²) in [5.41, 5.74) is -0.939. The lowest BCUT2D eigenvalue weighted by atomic mass is 10.1. The van der Waals surface area contributed by atoms with E-state index in [1.54, 1.807) is 0 Å². The first-order valence-corrected chi connectivity index (χ1v) is 9.35. The standard InChI is InChI=1S/C20H17ClF4N2O3/c21-14-3-6-17(22)16(11-14)19(29)27-9-7-26(8-10-27)18(28)12-30-15-4-1-13(2-5-15)20(23,24)25/h1-6,11H,7-10,12H2. The van der Waals surface area contributed by atoms with Crippen molar-refractivity contribution in [1.29, 1.82) is 0 Å². The van der Waals surface area contributed by atoms with Crippen molar-refractivity contribution in [1.82, 2.24) is 9.80 Å². The molecule has 30 heavy (non-hydrogen) atoms. The third-order valence-corrected chi connectivity index (χ3v) is 4.86. The number of nitrogens with zero attached hydrogens (tertiary/aromatic N) is 2.